The molecule has 0 radical (unpaired) electrons. The van der Waals surface area contributed by atoms with Crippen LogP contribution < -0.4 is 0 Å². The van der Waals surface area contributed by atoms with Crippen molar-refractivity contribution in [2.24, 2.45) is 0 Å². The highest BCUT2D eigenvalue weighted by Crippen LogP contribution is 1.87. The third-order valence-electron chi connectivity index (χ3n) is 0.770. The second-order valence-electron chi connectivity index (χ2n) is 2.48. The predicted molar refractivity (Wildman–Crippen MR) is 58.8 cm³/mol. The van der Waals surface area contributed by atoms with E-state index in [0.29, 0.717) is 5.57 Å². The summed E-state index contributed by atoms with van der Waals surface area (Å²) in [6.45, 7) is 16.8. The maximum atomic E-state index is 9.86. The molecule has 2 nitrogen and oxygen atoms in total. The smallest absolute Gasteiger partial charge is 0.330 e. The minimum Gasteiger partial charge on any atom is -0.478 e. The number of carboxylic acid groups (broad SMARTS) is 1. The molecular weight excluding hydrogens is 164 g/mol. The Morgan fingerprint density at radius 1 is 1.23 bits per heavy atom. The molecule has 0 amide bonds. The maximum absolute atomic E-state index is 9.86. The second-order valence-corrected chi connectivity index (χ2v) is 2.48. The van der Waals surface area contributed by atoms with E-state index in [1.54, 1.807) is 19.9 Å². The maximum Gasteiger partial charge on any atom is 0.330 e. The van der Waals surface area contributed by atoms with Crippen LogP contribution in [0.25, 0.3) is 0 Å². The van der Waals surface area contributed by atoms with Crippen LogP contribution in [0.4, 0.5) is 0 Å². The fourth-order valence-corrected chi connectivity index (χ4v) is 0.123. The van der Waals surface area contributed by atoms with Crippen LogP contribution in [0.3, 0.4) is 0 Å². The third kappa shape index (κ3) is 36.7. The number of carbonyl (C=O) groups is 1. The number of aliphatic carboxylic acids is 1. The first-order chi connectivity index (χ1) is 5.91. The van der Waals surface area contributed by atoms with Crippen molar-refractivity contribution in [2.45, 2.75) is 27.7 Å². The second kappa shape index (κ2) is 13.3. The number of allylic oxidation sites excluding steroid dienone is 2. The summed E-state index contributed by atoms with van der Waals surface area (Å²) >= 11 is 0. The van der Waals surface area contributed by atoms with Gasteiger partial charge in [-0.1, -0.05) is 11.6 Å². The van der Waals surface area contributed by atoms with Gasteiger partial charge in [0.1, 0.15) is 0 Å². The molecule has 0 rings (SSSR count). The van der Waals surface area contributed by atoms with E-state index < -0.39 is 5.97 Å². The van der Waals surface area contributed by atoms with Gasteiger partial charge in [0, 0.05) is 5.57 Å². The van der Waals surface area contributed by atoms with Gasteiger partial charge >= 0.3 is 5.97 Å². The number of carboxylic acids is 1. The molecule has 0 unspecified atom stereocenters. The zero-order valence-electron chi connectivity index (χ0n) is 9.05. The van der Waals surface area contributed by atoms with Gasteiger partial charge in [0.05, 0.1) is 0 Å². The first-order valence-electron chi connectivity index (χ1n) is 3.90. The lowest BCUT2D eigenvalue weighted by atomic mass is 10.3. The minimum atomic E-state index is -0.845. The van der Waals surface area contributed by atoms with Crippen molar-refractivity contribution in [2.75, 3.05) is 0 Å². The van der Waals surface area contributed by atoms with Crippen molar-refractivity contribution in [1.29, 1.82) is 0 Å². The molecule has 0 fully saturated rings. The van der Waals surface area contributed by atoms with Crippen molar-refractivity contribution in [3.8, 4) is 0 Å². The molecule has 0 aromatic rings. The molecule has 0 saturated heterocycles. The zero-order chi connectivity index (χ0) is 11.4. The summed E-state index contributed by atoms with van der Waals surface area (Å²) in [5, 5.41) is 8.11. The molecule has 0 bridgehead atoms. The molecular formula is C11H20O2. The fraction of sp³-hybridized carbons (Fsp3) is 0.364. The molecule has 1 N–H and O–H groups in total. The SMILES string of the molecule is C=C.C=C(C)C.CC=C(C)C(=O)O. The van der Waals surface area contributed by atoms with E-state index in [1.165, 1.54) is 5.57 Å². The van der Waals surface area contributed by atoms with Gasteiger partial charge in [0.2, 0.25) is 0 Å². The summed E-state index contributed by atoms with van der Waals surface area (Å²) in [7, 11) is 0. The van der Waals surface area contributed by atoms with Gasteiger partial charge in [-0.25, -0.2) is 4.79 Å². The lowest BCUT2D eigenvalue weighted by molar-refractivity contribution is -0.132. The molecule has 0 heterocycles. The summed E-state index contributed by atoms with van der Waals surface area (Å²) < 4.78 is 0. The fourth-order valence-electron chi connectivity index (χ4n) is 0.123. The van der Waals surface area contributed by atoms with Crippen molar-refractivity contribution < 1.29 is 9.90 Å². The first kappa shape index (κ1) is 17.7. The van der Waals surface area contributed by atoms with E-state index in [-0.39, 0.29) is 0 Å². The van der Waals surface area contributed by atoms with E-state index >= 15 is 0 Å². The normalized spacial score (nSPS) is 8.46. The average molecular weight is 184 g/mol. The first-order valence-corrected chi connectivity index (χ1v) is 3.90. The molecule has 13 heavy (non-hydrogen) atoms. The Labute approximate surface area is 81.3 Å². The number of hydrogen-bond acceptors (Lipinski definition) is 1. The lowest BCUT2D eigenvalue weighted by Crippen LogP contribution is -1.93. The van der Waals surface area contributed by atoms with E-state index in [1.807, 2.05) is 13.8 Å². The van der Waals surface area contributed by atoms with Gasteiger partial charge in [0.15, 0.2) is 0 Å². The molecule has 0 aliphatic heterocycles. The molecule has 0 saturated carbocycles. The van der Waals surface area contributed by atoms with Gasteiger partial charge < -0.3 is 5.11 Å². The highest BCUT2D eigenvalue weighted by molar-refractivity contribution is 5.85. The van der Waals surface area contributed by atoms with Crippen molar-refractivity contribution in [3.05, 3.63) is 37.0 Å². The van der Waals surface area contributed by atoms with Crippen LogP contribution in [0.5, 0.6) is 0 Å². The van der Waals surface area contributed by atoms with Crippen LogP contribution in [0.15, 0.2) is 37.0 Å². The zero-order valence-corrected chi connectivity index (χ0v) is 9.05. The van der Waals surface area contributed by atoms with Crippen LogP contribution in [0.2, 0.25) is 0 Å². The standard InChI is InChI=1S/C5H8O2.C4H8.C2H4/c1-3-4(2)5(6)7;1-4(2)3;1-2/h3H,1-2H3,(H,6,7);1H2,2-3H3;1-2H2. The van der Waals surface area contributed by atoms with Crippen molar-refractivity contribution in [1.82, 2.24) is 0 Å². The molecule has 0 aromatic carbocycles. The Kier molecular flexibility index (Phi) is 18.1. The summed E-state index contributed by atoms with van der Waals surface area (Å²) in [6, 6.07) is 0. The van der Waals surface area contributed by atoms with Crippen LogP contribution in [-0.2, 0) is 4.79 Å². The van der Waals surface area contributed by atoms with Crippen LogP contribution >= 0.6 is 0 Å². The number of hydrogen-bond donors (Lipinski definition) is 1. The summed E-state index contributed by atoms with van der Waals surface area (Å²) in [6.07, 6.45) is 1.56. The quantitative estimate of drug-likeness (QED) is 0.501. The van der Waals surface area contributed by atoms with Gasteiger partial charge in [-0.15, -0.1) is 19.7 Å². The molecule has 2 heteroatoms. The molecule has 0 aromatic heterocycles. The Bertz CT molecular complexity index is 175. The Hall–Kier alpha value is -1.31. The molecule has 0 aliphatic rings. The van der Waals surface area contributed by atoms with Gasteiger partial charge in [-0.2, -0.15) is 0 Å². The number of rotatable bonds is 1. The Balaban J connectivity index is -0.000000142. The average Bonchev–Trinajstić information content (AvgIpc) is 2.05. The molecule has 0 aliphatic carbocycles. The highest BCUT2D eigenvalue weighted by atomic mass is 16.4. The van der Waals surface area contributed by atoms with Gasteiger partial charge in [0.25, 0.3) is 0 Å². The van der Waals surface area contributed by atoms with Gasteiger partial charge in [-0.3, -0.25) is 0 Å². The van der Waals surface area contributed by atoms with Crippen LogP contribution in [0.1, 0.15) is 27.7 Å². The van der Waals surface area contributed by atoms with Crippen LogP contribution in [-0.4, -0.2) is 11.1 Å². The minimum absolute atomic E-state index is 0.389. The summed E-state index contributed by atoms with van der Waals surface area (Å²) in [5.41, 5.74) is 1.56. The monoisotopic (exact) mass is 184 g/mol. The van der Waals surface area contributed by atoms with Crippen LogP contribution in [0, 0.1) is 0 Å². The molecule has 0 spiro atoms. The summed E-state index contributed by atoms with van der Waals surface area (Å²) in [4.78, 5) is 9.86. The van der Waals surface area contributed by atoms with Gasteiger partial charge in [-0.05, 0) is 27.7 Å². The van der Waals surface area contributed by atoms with E-state index in [0.717, 1.165) is 0 Å². The molecule has 0 atom stereocenters. The van der Waals surface area contributed by atoms with Crippen molar-refractivity contribution in [3.63, 3.8) is 0 Å². The molecule has 76 valence electrons. The van der Waals surface area contributed by atoms with E-state index in [9.17, 15) is 4.79 Å². The van der Waals surface area contributed by atoms with E-state index in [2.05, 4.69) is 19.7 Å². The topological polar surface area (TPSA) is 37.3 Å². The predicted octanol–water partition coefficient (Wildman–Crippen LogP) is 3.42. The Morgan fingerprint density at radius 3 is 1.46 bits per heavy atom. The highest BCUT2D eigenvalue weighted by Gasteiger charge is 1.93. The largest absolute Gasteiger partial charge is 0.478 e. The summed E-state index contributed by atoms with van der Waals surface area (Å²) in [5.74, 6) is -0.845. The lowest BCUT2D eigenvalue weighted by Gasteiger charge is -1.84. The van der Waals surface area contributed by atoms with E-state index in [4.69, 9.17) is 5.11 Å². The van der Waals surface area contributed by atoms with Crippen molar-refractivity contribution >= 4 is 5.97 Å². The Morgan fingerprint density at radius 2 is 1.46 bits per heavy atom. The third-order valence-corrected chi connectivity index (χ3v) is 0.770.